The molecule has 1 N–H and O–H groups in total. The van der Waals surface area contributed by atoms with E-state index in [9.17, 15) is 4.79 Å². The third kappa shape index (κ3) is 3.87. The van der Waals surface area contributed by atoms with E-state index in [4.69, 9.17) is 16.7 Å². The summed E-state index contributed by atoms with van der Waals surface area (Å²) < 4.78 is 3.87. The quantitative estimate of drug-likeness (QED) is 0.375. The van der Waals surface area contributed by atoms with E-state index < -0.39 is 0 Å². The normalized spacial score (nSPS) is 27.9. The summed E-state index contributed by atoms with van der Waals surface area (Å²) in [6, 6.07) is 20.3. The highest BCUT2D eigenvalue weighted by Gasteiger charge is 2.61. The van der Waals surface area contributed by atoms with Gasteiger partial charge in [0.1, 0.15) is 6.33 Å². The Hall–Kier alpha value is -3.45. The van der Waals surface area contributed by atoms with Crippen molar-refractivity contribution in [3.8, 4) is 16.9 Å². The van der Waals surface area contributed by atoms with E-state index in [1.165, 1.54) is 6.42 Å². The third-order valence-corrected chi connectivity index (χ3v) is 8.93. The standard InChI is InChI=1S/C29H29ClN6O/c30-27-32-19-36(34-27)29-14-20-11-21(15-29)13-28(12-20,18-29)26(37)31-16-23-17-35(24-9-5-2-6-10-24)33-25(23)22-7-3-1-4-8-22/h1-10,17,19-21H,11-16,18H2,(H,31,37). The number of carbonyl (C=O) groups excluding carboxylic acids is 1. The van der Waals surface area contributed by atoms with E-state index in [1.807, 2.05) is 64.1 Å². The Kier molecular flexibility index (Phi) is 5.25. The molecule has 0 saturated heterocycles. The lowest BCUT2D eigenvalue weighted by atomic mass is 9.46. The van der Waals surface area contributed by atoms with Gasteiger partial charge in [-0.15, -0.1) is 5.10 Å². The van der Waals surface area contributed by atoms with Crippen LogP contribution in [0.25, 0.3) is 16.9 Å². The Morgan fingerprint density at radius 3 is 2.35 bits per heavy atom. The fourth-order valence-electron chi connectivity index (χ4n) is 7.67. The number of halogens is 1. The minimum absolute atomic E-state index is 0.156. The maximum Gasteiger partial charge on any atom is 0.242 e. The highest BCUT2D eigenvalue weighted by molar-refractivity contribution is 6.28. The highest BCUT2D eigenvalue weighted by atomic mass is 35.5. The first kappa shape index (κ1) is 22.7. The molecule has 4 aromatic rings. The van der Waals surface area contributed by atoms with Gasteiger partial charge in [0, 0.05) is 23.9 Å². The molecular weight excluding hydrogens is 484 g/mol. The molecular formula is C29H29ClN6O. The monoisotopic (exact) mass is 512 g/mol. The van der Waals surface area contributed by atoms with Crippen molar-refractivity contribution in [3.05, 3.63) is 84.0 Å². The number of nitrogens with zero attached hydrogens (tertiary/aromatic N) is 5. The second kappa shape index (κ2) is 8.55. The van der Waals surface area contributed by atoms with Gasteiger partial charge in [-0.3, -0.25) is 4.79 Å². The number of aromatic nitrogens is 5. The fourth-order valence-corrected chi connectivity index (χ4v) is 7.80. The van der Waals surface area contributed by atoms with Crippen molar-refractivity contribution in [2.24, 2.45) is 17.3 Å². The number of nitrogens with one attached hydrogen (secondary N) is 1. The van der Waals surface area contributed by atoms with Crippen molar-refractivity contribution in [1.82, 2.24) is 29.9 Å². The average Bonchev–Trinajstić information content (AvgIpc) is 3.55. The molecule has 7 nitrogen and oxygen atoms in total. The summed E-state index contributed by atoms with van der Waals surface area (Å²) in [7, 11) is 0. The molecule has 2 unspecified atom stereocenters. The van der Waals surface area contributed by atoms with Gasteiger partial charge < -0.3 is 5.32 Å². The van der Waals surface area contributed by atoms with Crippen molar-refractivity contribution in [1.29, 1.82) is 0 Å². The fraction of sp³-hybridized carbons (Fsp3) is 0.379. The van der Waals surface area contributed by atoms with E-state index in [1.54, 1.807) is 6.33 Å². The van der Waals surface area contributed by atoms with Crippen molar-refractivity contribution in [2.75, 3.05) is 0 Å². The lowest BCUT2D eigenvalue weighted by molar-refractivity contribution is -0.156. The maximum atomic E-state index is 14.0. The van der Waals surface area contributed by atoms with Gasteiger partial charge in [-0.1, -0.05) is 48.5 Å². The topological polar surface area (TPSA) is 77.6 Å². The molecule has 4 fully saturated rings. The lowest BCUT2D eigenvalue weighted by Gasteiger charge is -2.60. The molecule has 2 aromatic heterocycles. The van der Waals surface area contributed by atoms with Gasteiger partial charge in [0.05, 0.1) is 22.3 Å². The van der Waals surface area contributed by atoms with Crippen molar-refractivity contribution >= 4 is 17.5 Å². The molecule has 0 spiro atoms. The highest BCUT2D eigenvalue weighted by Crippen LogP contribution is 2.64. The Bertz CT molecular complexity index is 1430. The summed E-state index contributed by atoms with van der Waals surface area (Å²) in [5.41, 5.74) is 3.40. The number of rotatable bonds is 6. The molecule has 8 rings (SSSR count). The van der Waals surface area contributed by atoms with E-state index >= 15 is 0 Å². The molecule has 4 saturated carbocycles. The molecule has 188 valence electrons. The van der Waals surface area contributed by atoms with Crippen LogP contribution in [-0.4, -0.2) is 30.5 Å². The first-order valence-electron chi connectivity index (χ1n) is 13.1. The largest absolute Gasteiger partial charge is 0.351 e. The Labute approximate surface area is 220 Å². The number of carbonyl (C=O) groups is 1. The van der Waals surface area contributed by atoms with E-state index in [2.05, 4.69) is 27.5 Å². The predicted octanol–water partition coefficient (Wildman–Crippen LogP) is 5.40. The average molecular weight is 513 g/mol. The summed E-state index contributed by atoms with van der Waals surface area (Å²) in [6.45, 7) is 0.440. The summed E-state index contributed by atoms with van der Waals surface area (Å²) in [5.74, 6) is 1.23. The van der Waals surface area contributed by atoms with Crippen LogP contribution in [0, 0.1) is 17.3 Å². The zero-order chi connectivity index (χ0) is 25.0. The third-order valence-electron chi connectivity index (χ3n) is 8.76. The van der Waals surface area contributed by atoms with E-state index in [-0.39, 0.29) is 22.1 Å². The minimum Gasteiger partial charge on any atom is -0.351 e. The number of hydrogen-bond acceptors (Lipinski definition) is 4. The molecule has 2 atom stereocenters. The zero-order valence-corrected chi connectivity index (χ0v) is 21.3. The summed E-state index contributed by atoms with van der Waals surface area (Å²) >= 11 is 6.10. The van der Waals surface area contributed by atoms with E-state index in [0.29, 0.717) is 18.4 Å². The lowest BCUT2D eigenvalue weighted by Crippen LogP contribution is -2.61. The van der Waals surface area contributed by atoms with Gasteiger partial charge in [-0.05, 0) is 74.1 Å². The molecule has 37 heavy (non-hydrogen) atoms. The van der Waals surface area contributed by atoms with Crippen LogP contribution in [-0.2, 0) is 16.9 Å². The van der Waals surface area contributed by atoms with Crippen molar-refractivity contribution < 1.29 is 4.79 Å². The minimum atomic E-state index is -0.370. The molecule has 4 bridgehead atoms. The van der Waals surface area contributed by atoms with Crippen LogP contribution in [0.4, 0.5) is 0 Å². The zero-order valence-electron chi connectivity index (χ0n) is 20.6. The first-order valence-corrected chi connectivity index (χ1v) is 13.5. The summed E-state index contributed by atoms with van der Waals surface area (Å²) in [5, 5.41) is 13.0. The molecule has 2 heterocycles. The van der Waals surface area contributed by atoms with E-state index in [0.717, 1.165) is 54.6 Å². The van der Waals surface area contributed by atoms with Crippen LogP contribution in [0.5, 0.6) is 0 Å². The second-order valence-electron chi connectivity index (χ2n) is 11.3. The Morgan fingerprint density at radius 2 is 1.68 bits per heavy atom. The summed E-state index contributed by atoms with van der Waals surface area (Å²) in [6.07, 6.45) is 9.82. The smallest absolute Gasteiger partial charge is 0.242 e. The Morgan fingerprint density at radius 1 is 0.973 bits per heavy atom. The van der Waals surface area contributed by atoms with Crippen LogP contribution in [0.3, 0.4) is 0 Å². The maximum absolute atomic E-state index is 14.0. The Balaban J connectivity index is 1.17. The SMILES string of the molecule is O=C(NCc1cn(-c2ccccc2)nc1-c1ccccc1)C12CC3CC(C1)CC(n1cnc(Cl)n1)(C3)C2. The molecule has 0 radical (unpaired) electrons. The second-order valence-corrected chi connectivity index (χ2v) is 11.6. The first-order chi connectivity index (χ1) is 18.0. The molecule has 0 aliphatic heterocycles. The van der Waals surface area contributed by atoms with Crippen LogP contribution in [0.1, 0.15) is 44.1 Å². The van der Waals surface area contributed by atoms with Gasteiger partial charge in [0.15, 0.2) is 0 Å². The van der Waals surface area contributed by atoms with Gasteiger partial charge >= 0.3 is 0 Å². The van der Waals surface area contributed by atoms with Gasteiger partial charge in [0.25, 0.3) is 0 Å². The predicted molar refractivity (Wildman–Crippen MR) is 141 cm³/mol. The molecule has 4 aliphatic carbocycles. The van der Waals surface area contributed by atoms with Gasteiger partial charge in [-0.2, -0.15) is 5.10 Å². The molecule has 4 aliphatic rings. The van der Waals surface area contributed by atoms with Crippen LogP contribution in [0.2, 0.25) is 5.28 Å². The molecule has 1 amide bonds. The molecule has 2 aromatic carbocycles. The summed E-state index contributed by atoms with van der Waals surface area (Å²) in [4.78, 5) is 18.2. The van der Waals surface area contributed by atoms with Crippen LogP contribution < -0.4 is 5.32 Å². The number of para-hydroxylation sites is 1. The number of benzene rings is 2. The van der Waals surface area contributed by atoms with Crippen LogP contribution >= 0.6 is 11.6 Å². The van der Waals surface area contributed by atoms with Gasteiger partial charge in [-0.25, -0.2) is 14.3 Å². The molecule has 8 heteroatoms. The van der Waals surface area contributed by atoms with Gasteiger partial charge in [0.2, 0.25) is 11.2 Å². The van der Waals surface area contributed by atoms with Crippen molar-refractivity contribution in [2.45, 2.75) is 50.6 Å². The number of amides is 1. The van der Waals surface area contributed by atoms with Crippen LogP contribution in [0.15, 0.2) is 73.2 Å². The van der Waals surface area contributed by atoms with Crippen molar-refractivity contribution in [3.63, 3.8) is 0 Å². The number of hydrogen-bond donors (Lipinski definition) is 1.